The van der Waals surface area contributed by atoms with Gasteiger partial charge in [-0.2, -0.15) is 0 Å². The Kier molecular flexibility index (Phi) is 7.87. The van der Waals surface area contributed by atoms with Crippen molar-refractivity contribution in [2.75, 3.05) is 19.6 Å². The van der Waals surface area contributed by atoms with Crippen molar-refractivity contribution in [3.8, 4) is 0 Å². The monoisotopic (exact) mass is 389 g/mol. The Bertz CT molecular complexity index is 699. The van der Waals surface area contributed by atoms with Gasteiger partial charge in [-0.3, -0.25) is 4.79 Å². The summed E-state index contributed by atoms with van der Waals surface area (Å²) in [6.07, 6.45) is 1.98. The second kappa shape index (κ2) is 8.98. The summed E-state index contributed by atoms with van der Waals surface area (Å²) in [6.45, 7) is 6.87. The summed E-state index contributed by atoms with van der Waals surface area (Å²) in [7, 11) is -3.62. The fourth-order valence-corrected chi connectivity index (χ4v) is 4.83. The molecule has 142 valence electrons. The van der Waals surface area contributed by atoms with Crippen LogP contribution in [0.5, 0.6) is 0 Å². The van der Waals surface area contributed by atoms with Gasteiger partial charge in [-0.05, 0) is 44.7 Å². The summed E-state index contributed by atoms with van der Waals surface area (Å²) < 4.78 is 27.6. The minimum atomic E-state index is -3.62. The van der Waals surface area contributed by atoms with E-state index in [2.05, 4.69) is 4.72 Å². The third-order valence-corrected chi connectivity index (χ3v) is 6.08. The third-order valence-electron chi connectivity index (χ3n) is 4.31. The first kappa shape index (κ1) is 21.9. The van der Waals surface area contributed by atoms with Crippen molar-refractivity contribution >= 4 is 28.3 Å². The molecular formula is C17H28ClN3O3S. The Hall–Kier alpha value is -1.15. The van der Waals surface area contributed by atoms with Gasteiger partial charge in [-0.25, -0.2) is 13.1 Å². The van der Waals surface area contributed by atoms with Gasteiger partial charge in [0.15, 0.2) is 0 Å². The molecule has 1 aliphatic rings. The van der Waals surface area contributed by atoms with Gasteiger partial charge < -0.3 is 10.6 Å². The fraction of sp³-hybridized carbons (Fsp3) is 0.588. The number of amides is 1. The zero-order valence-corrected chi connectivity index (χ0v) is 16.7. The number of piperidine rings is 1. The zero-order valence-electron chi connectivity index (χ0n) is 15.0. The molecule has 3 N–H and O–H groups in total. The Morgan fingerprint density at radius 1 is 1.28 bits per heavy atom. The van der Waals surface area contributed by atoms with Gasteiger partial charge in [-0.15, -0.1) is 12.4 Å². The second-order valence-corrected chi connectivity index (χ2v) is 8.32. The number of sulfonamides is 1. The van der Waals surface area contributed by atoms with Gasteiger partial charge in [-0.1, -0.05) is 17.7 Å². The van der Waals surface area contributed by atoms with Crippen molar-refractivity contribution in [1.29, 1.82) is 0 Å². The number of benzene rings is 1. The summed E-state index contributed by atoms with van der Waals surface area (Å²) in [5.41, 5.74) is 8.34. The van der Waals surface area contributed by atoms with E-state index in [1.54, 1.807) is 18.7 Å². The van der Waals surface area contributed by atoms with Crippen LogP contribution in [-0.4, -0.2) is 44.9 Å². The number of aryl methyl sites for hydroxylation is 3. The molecule has 6 nitrogen and oxygen atoms in total. The number of hydrogen-bond donors (Lipinski definition) is 2. The number of nitrogens with zero attached hydrogens (tertiary/aromatic N) is 1. The van der Waals surface area contributed by atoms with Crippen molar-refractivity contribution in [2.45, 2.75) is 51.0 Å². The Morgan fingerprint density at radius 3 is 2.44 bits per heavy atom. The Morgan fingerprint density at radius 2 is 1.88 bits per heavy atom. The lowest BCUT2D eigenvalue weighted by Gasteiger charge is -2.30. The molecule has 1 aliphatic heterocycles. The van der Waals surface area contributed by atoms with Crippen LogP contribution in [0.1, 0.15) is 36.0 Å². The largest absolute Gasteiger partial charge is 0.341 e. The molecule has 0 saturated carbocycles. The van der Waals surface area contributed by atoms with Crippen molar-refractivity contribution in [1.82, 2.24) is 9.62 Å². The van der Waals surface area contributed by atoms with Crippen LogP contribution in [0.15, 0.2) is 17.0 Å². The van der Waals surface area contributed by atoms with E-state index in [9.17, 15) is 13.2 Å². The lowest BCUT2D eigenvalue weighted by molar-refractivity contribution is -0.132. The molecule has 0 radical (unpaired) electrons. The smallest absolute Gasteiger partial charge is 0.241 e. The molecule has 8 heteroatoms. The lowest BCUT2D eigenvalue weighted by atomic mass is 10.1. The summed E-state index contributed by atoms with van der Waals surface area (Å²) >= 11 is 0. The molecule has 25 heavy (non-hydrogen) atoms. The molecule has 1 aromatic carbocycles. The fourth-order valence-electron chi connectivity index (χ4n) is 3.35. The van der Waals surface area contributed by atoms with E-state index in [1.165, 1.54) is 0 Å². The molecule has 1 amide bonds. The minimum absolute atomic E-state index is 0. The maximum Gasteiger partial charge on any atom is 0.241 e. The molecule has 0 spiro atoms. The third kappa shape index (κ3) is 5.67. The first-order chi connectivity index (χ1) is 11.2. The summed E-state index contributed by atoms with van der Waals surface area (Å²) in [5.74, 6) is -0.0507. The van der Waals surface area contributed by atoms with Crippen LogP contribution in [0.4, 0.5) is 0 Å². The van der Waals surface area contributed by atoms with Gasteiger partial charge in [0.2, 0.25) is 15.9 Å². The van der Waals surface area contributed by atoms with Crippen LogP contribution >= 0.6 is 12.4 Å². The van der Waals surface area contributed by atoms with Gasteiger partial charge >= 0.3 is 0 Å². The van der Waals surface area contributed by atoms with Gasteiger partial charge in [0.05, 0.1) is 4.90 Å². The molecule has 2 rings (SSSR count). The van der Waals surface area contributed by atoms with E-state index >= 15 is 0 Å². The molecular weight excluding hydrogens is 362 g/mol. The average Bonchev–Trinajstić information content (AvgIpc) is 2.45. The van der Waals surface area contributed by atoms with Crippen LogP contribution in [0.3, 0.4) is 0 Å². The molecule has 1 heterocycles. The molecule has 0 aliphatic carbocycles. The summed E-state index contributed by atoms with van der Waals surface area (Å²) in [6, 6.07) is 3.72. The maximum atomic E-state index is 12.5. The highest BCUT2D eigenvalue weighted by Crippen LogP contribution is 2.21. The number of hydrogen-bond acceptors (Lipinski definition) is 4. The van der Waals surface area contributed by atoms with Crippen molar-refractivity contribution in [2.24, 2.45) is 5.73 Å². The predicted octanol–water partition coefficient (Wildman–Crippen LogP) is 1.65. The van der Waals surface area contributed by atoms with Crippen LogP contribution in [-0.2, 0) is 14.8 Å². The number of nitrogens with one attached hydrogen (secondary N) is 1. The van der Waals surface area contributed by atoms with E-state index in [0.717, 1.165) is 18.4 Å². The Balaban J connectivity index is 0.00000312. The van der Waals surface area contributed by atoms with Crippen molar-refractivity contribution in [3.63, 3.8) is 0 Å². The standard InChI is InChI=1S/C17H27N3O3S.ClH/c1-12-9-13(2)17(14(3)10-12)24(22,23)19-7-6-16(21)20-8-4-5-15(18)11-20;/h9-10,15,19H,4-8,11,18H2,1-3H3;1H. The molecule has 1 aromatic rings. The van der Waals surface area contributed by atoms with E-state index < -0.39 is 10.0 Å². The van der Waals surface area contributed by atoms with Crippen LogP contribution in [0.25, 0.3) is 0 Å². The minimum Gasteiger partial charge on any atom is -0.341 e. The first-order valence-electron chi connectivity index (χ1n) is 8.31. The Labute approximate surface area is 156 Å². The van der Waals surface area contributed by atoms with E-state index in [4.69, 9.17) is 5.73 Å². The first-order valence-corrected chi connectivity index (χ1v) is 9.80. The lowest BCUT2D eigenvalue weighted by Crippen LogP contribution is -2.46. The van der Waals surface area contributed by atoms with Crippen LogP contribution < -0.4 is 10.5 Å². The molecule has 0 bridgehead atoms. The number of carbonyl (C=O) groups excluding carboxylic acids is 1. The van der Waals surface area contributed by atoms with Gasteiger partial charge in [0, 0.05) is 32.1 Å². The highest BCUT2D eigenvalue weighted by molar-refractivity contribution is 7.89. The van der Waals surface area contributed by atoms with Gasteiger partial charge in [0.1, 0.15) is 0 Å². The predicted molar refractivity (Wildman–Crippen MR) is 101 cm³/mol. The normalized spacial score (nSPS) is 17.9. The van der Waals surface area contributed by atoms with E-state index in [0.29, 0.717) is 29.1 Å². The quantitative estimate of drug-likeness (QED) is 0.800. The SMILES string of the molecule is Cc1cc(C)c(S(=O)(=O)NCCC(=O)N2CCCC(N)C2)c(C)c1.Cl. The maximum absolute atomic E-state index is 12.5. The summed E-state index contributed by atoms with van der Waals surface area (Å²) in [4.78, 5) is 14.2. The zero-order chi connectivity index (χ0) is 17.9. The van der Waals surface area contributed by atoms with E-state index in [1.807, 2.05) is 19.1 Å². The van der Waals surface area contributed by atoms with Crippen LogP contribution in [0, 0.1) is 20.8 Å². The summed E-state index contributed by atoms with van der Waals surface area (Å²) in [5, 5.41) is 0. The van der Waals surface area contributed by atoms with Crippen molar-refractivity contribution < 1.29 is 13.2 Å². The van der Waals surface area contributed by atoms with Crippen molar-refractivity contribution in [3.05, 3.63) is 28.8 Å². The topological polar surface area (TPSA) is 92.5 Å². The molecule has 1 atom stereocenters. The van der Waals surface area contributed by atoms with E-state index in [-0.39, 0.29) is 37.3 Å². The van der Waals surface area contributed by atoms with Gasteiger partial charge in [0.25, 0.3) is 0 Å². The number of rotatable bonds is 5. The number of nitrogens with two attached hydrogens (primary N) is 1. The molecule has 1 fully saturated rings. The van der Waals surface area contributed by atoms with Crippen LogP contribution in [0.2, 0.25) is 0 Å². The number of halogens is 1. The molecule has 1 saturated heterocycles. The highest BCUT2D eigenvalue weighted by atomic mass is 35.5. The second-order valence-electron chi connectivity index (χ2n) is 6.62. The number of likely N-dealkylation sites (tertiary alicyclic amines) is 1. The number of carbonyl (C=O) groups is 1. The molecule has 0 aromatic heterocycles. The average molecular weight is 390 g/mol. The molecule has 1 unspecified atom stereocenters. The highest BCUT2D eigenvalue weighted by Gasteiger charge is 2.23.